The second-order valence-corrected chi connectivity index (χ2v) is 6.94. The lowest BCUT2D eigenvalue weighted by atomic mass is 9.93. The highest BCUT2D eigenvalue weighted by Gasteiger charge is 2.23. The number of likely N-dealkylation sites (tertiary alicyclic amines) is 1. The van der Waals surface area contributed by atoms with Crippen LogP contribution in [0.4, 0.5) is 0 Å². The summed E-state index contributed by atoms with van der Waals surface area (Å²) in [6.07, 6.45) is 8.27. The molecule has 4 heterocycles. The molecule has 4 rings (SSSR count). The smallest absolute Gasteiger partial charge is 0.136 e. The molecule has 1 N–H and O–H groups in total. The molecule has 132 valence electrons. The standard InChI is InChI=1S/C19H25N5O/c1-15-2-3-19-20-12-17(23(19)13-15)14-22-8-5-16(6-9-22)18-4-7-21-24(18)10-11-25/h2-4,7,12-13,16,25H,5-6,8-11,14H2,1H3. The Bertz CT molecular complexity index is 844. The van der Waals surface area contributed by atoms with Crippen LogP contribution in [0.5, 0.6) is 0 Å². The summed E-state index contributed by atoms with van der Waals surface area (Å²) in [7, 11) is 0. The zero-order valence-electron chi connectivity index (χ0n) is 14.7. The molecule has 0 saturated carbocycles. The van der Waals surface area contributed by atoms with Gasteiger partial charge >= 0.3 is 0 Å². The van der Waals surface area contributed by atoms with E-state index in [9.17, 15) is 5.11 Å². The monoisotopic (exact) mass is 339 g/mol. The molecule has 0 unspecified atom stereocenters. The van der Waals surface area contributed by atoms with Crippen molar-refractivity contribution in [3.8, 4) is 0 Å². The van der Waals surface area contributed by atoms with Crippen molar-refractivity contribution < 1.29 is 5.11 Å². The number of pyridine rings is 1. The van der Waals surface area contributed by atoms with Crippen molar-refractivity contribution in [1.82, 2.24) is 24.1 Å². The third-order valence-electron chi connectivity index (χ3n) is 5.18. The largest absolute Gasteiger partial charge is 0.394 e. The summed E-state index contributed by atoms with van der Waals surface area (Å²) in [5.41, 5.74) is 4.78. The van der Waals surface area contributed by atoms with Gasteiger partial charge < -0.3 is 9.51 Å². The molecule has 3 aromatic heterocycles. The van der Waals surface area contributed by atoms with Crippen molar-refractivity contribution in [2.24, 2.45) is 0 Å². The number of hydrogen-bond acceptors (Lipinski definition) is 4. The Kier molecular flexibility index (Phi) is 4.55. The molecule has 6 nitrogen and oxygen atoms in total. The first-order chi connectivity index (χ1) is 12.2. The van der Waals surface area contributed by atoms with Crippen LogP contribution in [0.3, 0.4) is 0 Å². The molecule has 1 aliphatic heterocycles. The third kappa shape index (κ3) is 3.32. The number of imidazole rings is 1. The highest BCUT2D eigenvalue weighted by Crippen LogP contribution is 2.28. The third-order valence-corrected chi connectivity index (χ3v) is 5.18. The van der Waals surface area contributed by atoms with Crippen LogP contribution in [0.1, 0.15) is 35.7 Å². The Hall–Kier alpha value is -2.18. The zero-order valence-corrected chi connectivity index (χ0v) is 14.7. The Morgan fingerprint density at radius 1 is 1.20 bits per heavy atom. The van der Waals surface area contributed by atoms with Crippen molar-refractivity contribution in [2.45, 2.75) is 38.8 Å². The Morgan fingerprint density at radius 3 is 2.84 bits per heavy atom. The van der Waals surface area contributed by atoms with E-state index in [4.69, 9.17) is 0 Å². The van der Waals surface area contributed by atoms with E-state index in [0.717, 1.165) is 38.1 Å². The molecule has 0 spiro atoms. The van der Waals surface area contributed by atoms with E-state index in [1.54, 1.807) is 0 Å². The minimum atomic E-state index is 0.140. The summed E-state index contributed by atoms with van der Waals surface area (Å²) in [5, 5.41) is 13.5. The summed E-state index contributed by atoms with van der Waals surface area (Å²) in [5.74, 6) is 0.537. The number of hydrogen-bond donors (Lipinski definition) is 1. The number of aryl methyl sites for hydroxylation is 1. The molecule has 3 aromatic rings. The van der Waals surface area contributed by atoms with Gasteiger partial charge in [-0.15, -0.1) is 0 Å². The number of nitrogens with zero attached hydrogens (tertiary/aromatic N) is 5. The van der Waals surface area contributed by atoms with Crippen LogP contribution >= 0.6 is 0 Å². The van der Waals surface area contributed by atoms with E-state index in [1.165, 1.54) is 17.0 Å². The van der Waals surface area contributed by atoms with Crippen molar-refractivity contribution in [3.05, 3.63) is 53.7 Å². The average molecular weight is 339 g/mol. The van der Waals surface area contributed by atoms with E-state index in [2.05, 4.69) is 50.7 Å². The number of piperidine rings is 1. The number of aliphatic hydroxyl groups excluding tert-OH is 1. The fourth-order valence-electron chi connectivity index (χ4n) is 3.84. The molecule has 0 amide bonds. The van der Waals surface area contributed by atoms with Crippen molar-refractivity contribution in [2.75, 3.05) is 19.7 Å². The molecule has 1 saturated heterocycles. The minimum Gasteiger partial charge on any atom is -0.394 e. The lowest BCUT2D eigenvalue weighted by Crippen LogP contribution is -2.33. The predicted octanol–water partition coefficient (Wildman–Crippen LogP) is 2.21. The summed E-state index contributed by atoms with van der Waals surface area (Å²) < 4.78 is 4.16. The van der Waals surface area contributed by atoms with Gasteiger partial charge in [0, 0.05) is 30.6 Å². The first-order valence-corrected chi connectivity index (χ1v) is 9.02. The van der Waals surface area contributed by atoms with E-state index >= 15 is 0 Å². The highest BCUT2D eigenvalue weighted by molar-refractivity contribution is 5.41. The Balaban J connectivity index is 1.41. The molecule has 0 bridgehead atoms. The van der Waals surface area contributed by atoms with Gasteiger partial charge in [-0.1, -0.05) is 6.07 Å². The fourth-order valence-corrected chi connectivity index (χ4v) is 3.84. The van der Waals surface area contributed by atoms with Gasteiger partial charge in [-0.2, -0.15) is 5.10 Å². The van der Waals surface area contributed by atoms with Crippen LogP contribution in [-0.4, -0.2) is 48.9 Å². The Morgan fingerprint density at radius 2 is 2.04 bits per heavy atom. The predicted molar refractivity (Wildman–Crippen MR) is 96.5 cm³/mol. The number of aliphatic hydroxyl groups is 1. The molecule has 25 heavy (non-hydrogen) atoms. The molecule has 0 aromatic carbocycles. The van der Waals surface area contributed by atoms with Crippen LogP contribution in [0.25, 0.3) is 5.65 Å². The van der Waals surface area contributed by atoms with Gasteiger partial charge in [0.1, 0.15) is 5.65 Å². The van der Waals surface area contributed by atoms with Crippen molar-refractivity contribution >= 4 is 5.65 Å². The molecule has 6 heteroatoms. The van der Waals surface area contributed by atoms with Crippen LogP contribution in [0, 0.1) is 6.92 Å². The lowest BCUT2D eigenvalue weighted by Gasteiger charge is -2.32. The summed E-state index contributed by atoms with van der Waals surface area (Å²) in [4.78, 5) is 7.02. The maximum atomic E-state index is 9.18. The average Bonchev–Trinajstić information content (AvgIpc) is 3.23. The summed E-state index contributed by atoms with van der Waals surface area (Å²) in [6.45, 7) is 5.93. The topological polar surface area (TPSA) is 58.6 Å². The highest BCUT2D eigenvalue weighted by atomic mass is 16.3. The zero-order chi connectivity index (χ0) is 17.2. The molecule has 1 aliphatic rings. The van der Waals surface area contributed by atoms with Crippen LogP contribution < -0.4 is 0 Å². The molecule has 0 atom stereocenters. The fraction of sp³-hybridized carbons (Fsp3) is 0.474. The second kappa shape index (κ2) is 6.98. The van der Waals surface area contributed by atoms with Gasteiger partial charge in [-0.3, -0.25) is 9.58 Å². The van der Waals surface area contributed by atoms with Gasteiger partial charge in [-0.25, -0.2) is 4.98 Å². The van der Waals surface area contributed by atoms with E-state index in [0.29, 0.717) is 12.5 Å². The quantitative estimate of drug-likeness (QED) is 0.774. The van der Waals surface area contributed by atoms with E-state index in [1.807, 2.05) is 17.1 Å². The van der Waals surface area contributed by atoms with Gasteiger partial charge in [0.2, 0.25) is 0 Å². The Labute approximate surface area is 147 Å². The van der Waals surface area contributed by atoms with E-state index in [-0.39, 0.29) is 6.61 Å². The molecule has 1 fully saturated rings. The minimum absolute atomic E-state index is 0.140. The molecular formula is C19H25N5O. The van der Waals surface area contributed by atoms with Gasteiger partial charge in [0.05, 0.1) is 25.0 Å². The maximum Gasteiger partial charge on any atom is 0.136 e. The molecule has 0 radical (unpaired) electrons. The summed E-state index contributed by atoms with van der Waals surface area (Å²) in [6, 6.07) is 6.28. The lowest BCUT2D eigenvalue weighted by molar-refractivity contribution is 0.196. The molecule has 0 aliphatic carbocycles. The second-order valence-electron chi connectivity index (χ2n) is 6.94. The first-order valence-electron chi connectivity index (χ1n) is 9.02. The van der Waals surface area contributed by atoms with Crippen LogP contribution in [0.15, 0.2) is 36.8 Å². The normalized spacial score (nSPS) is 16.7. The number of rotatable bonds is 5. The van der Waals surface area contributed by atoms with E-state index < -0.39 is 0 Å². The van der Waals surface area contributed by atoms with Crippen LogP contribution in [-0.2, 0) is 13.1 Å². The van der Waals surface area contributed by atoms with Crippen LogP contribution in [0.2, 0.25) is 0 Å². The van der Waals surface area contributed by atoms with Crippen molar-refractivity contribution in [3.63, 3.8) is 0 Å². The number of fused-ring (bicyclic) bond motifs is 1. The van der Waals surface area contributed by atoms with Crippen molar-refractivity contribution in [1.29, 1.82) is 0 Å². The number of aromatic nitrogens is 4. The first kappa shape index (κ1) is 16.3. The van der Waals surface area contributed by atoms with Gasteiger partial charge in [0.15, 0.2) is 0 Å². The SMILES string of the molecule is Cc1ccc2ncc(CN3CCC(c4ccnn4CCO)CC3)n2c1. The maximum absolute atomic E-state index is 9.18. The summed E-state index contributed by atoms with van der Waals surface area (Å²) >= 11 is 0. The van der Waals surface area contributed by atoms with Gasteiger partial charge in [0.25, 0.3) is 0 Å². The molecular weight excluding hydrogens is 314 g/mol. The van der Waals surface area contributed by atoms with Gasteiger partial charge in [-0.05, 0) is 50.6 Å².